The molecule has 0 atom stereocenters. The van der Waals surface area contributed by atoms with Crippen LogP contribution in [0, 0.1) is 10.1 Å². The molecule has 0 bridgehead atoms. The molecular weight excluding hydrogens is 316 g/mol. The first kappa shape index (κ1) is 13.8. The van der Waals surface area contributed by atoms with Crippen molar-refractivity contribution in [1.82, 2.24) is 10.2 Å². The summed E-state index contributed by atoms with van der Waals surface area (Å²) in [6.07, 6.45) is 0. The number of nitro groups is 1. The van der Waals surface area contributed by atoms with E-state index in [1.807, 2.05) is 0 Å². The Labute approximate surface area is 122 Å². The molecule has 2 rings (SSSR count). The quantitative estimate of drug-likeness (QED) is 0.627. The van der Waals surface area contributed by atoms with Crippen molar-refractivity contribution in [1.29, 1.82) is 0 Å². The van der Waals surface area contributed by atoms with Crippen LogP contribution in [0.3, 0.4) is 0 Å². The Bertz CT molecular complexity index is 651. The molecule has 0 aliphatic rings. The van der Waals surface area contributed by atoms with Gasteiger partial charge in [-0.2, -0.15) is 0 Å². The Morgan fingerprint density at radius 3 is 2.63 bits per heavy atom. The molecule has 1 heterocycles. The van der Waals surface area contributed by atoms with Crippen molar-refractivity contribution in [2.75, 3.05) is 0 Å². The normalized spacial score (nSPS) is 10.3. The zero-order valence-corrected chi connectivity index (χ0v) is 11.3. The lowest BCUT2D eigenvalue weighted by molar-refractivity contribution is -0.385. The van der Waals surface area contributed by atoms with Crippen LogP contribution in [-0.4, -0.2) is 15.1 Å². The van der Waals surface area contributed by atoms with E-state index in [4.69, 9.17) is 39.5 Å². The molecule has 0 aliphatic heterocycles. The Morgan fingerprint density at radius 1 is 1.21 bits per heavy atom. The van der Waals surface area contributed by atoms with Gasteiger partial charge in [-0.15, -0.1) is 10.2 Å². The van der Waals surface area contributed by atoms with E-state index in [9.17, 15) is 10.1 Å². The minimum Gasteiger partial charge on any atom is -0.445 e. The van der Waals surface area contributed by atoms with Gasteiger partial charge in [0.15, 0.2) is 16.1 Å². The molecule has 0 radical (unpaired) electrons. The summed E-state index contributed by atoms with van der Waals surface area (Å²) in [7, 11) is 0. The standard InChI is InChI=1S/C10H4Cl3N3O3/c11-5-2-1-3-6(16(17)18)9(5)19-7-4-8(12)14-15-10(7)13/h1-4H. The number of para-hydroxylation sites is 1. The van der Waals surface area contributed by atoms with Gasteiger partial charge in [0.1, 0.15) is 0 Å². The van der Waals surface area contributed by atoms with Crippen molar-refractivity contribution in [3.05, 3.63) is 49.7 Å². The topological polar surface area (TPSA) is 78.2 Å². The van der Waals surface area contributed by atoms with Crippen LogP contribution in [-0.2, 0) is 0 Å². The fourth-order valence-electron chi connectivity index (χ4n) is 1.26. The van der Waals surface area contributed by atoms with Gasteiger partial charge in [0, 0.05) is 12.1 Å². The molecule has 98 valence electrons. The third-order valence-electron chi connectivity index (χ3n) is 2.04. The van der Waals surface area contributed by atoms with Gasteiger partial charge < -0.3 is 4.74 Å². The van der Waals surface area contributed by atoms with E-state index in [1.165, 1.54) is 24.3 Å². The largest absolute Gasteiger partial charge is 0.445 e. The highest BCUT2D eigenvalue weighted by Crippen LogP contribution is 2.39. The van der Waals surface area contributed by atoms with Crippen molar-refractivity contribution in [2.45, 2.75) is 0 Å². The highest BCUT2D eigenvalue weighted by atomic mass is 35.5. The number of nitrogens with zero attached hydrogens (tertiary/aromatic N) is 3. The van der Waals surface area contributed by atoms with Gasteiger partial charge >= 0.3 is 5.69 Å². The lowest BCUT2D eigenvalue weighted by Crippen LogP contribution is -1.96. The van der Waals surface area contributed by atoms with E-state index in [0.29, 0.717) is 0 Å². The maximum absolute atomic E-state index is 10.9. The molecule has 1 aromatic carbocycles. The fourth-order valence-corrected chi connectivity index (χ4v) is 1.74. The predicted octanol–water partition coefficient (Wildman–Crippen LogP) is 4.14. The maximum Gasteiger partial charge on any atom is 0.313 e. The van der Waals surface area contributed by atoms with Crippen LogP contribution in [0.2, 0.25) is 15.3 Å². The average Bonchev–Trinajstić information content (AvgIpc) is 2.35. The molecule has 0 aliphatic carbocycles. The smallest absolute Gasteiger partial charge is 0.313 e. The third kappa shape index (κ3) is 3.04. The second-order valence-electron chi connectivity index (χ2n) is 3.27. The molecule has 0 N–H and O–H groups in total. The summed E-state index contributed by atoms with van der Waals surface area (Å²) in [6.45, 7) is 0. The lowest BCUT2D eigenvalue weighted by atomic mass is 10.3. The Balaban J connectivity index is 2.49. The van der Waals surface area contributed by atoms with E-state index < -0.39 is 4.92 Å². The molecular formula is C10H4Cl3N3O3. The SMILES string of the molecule is O=[N+]([O-])c1cccc(Cl)c1Oc1cc(Cl)nnc1Cl. The molecule has 0 amide bonds. The number of hydrogen-bond acceptors (Lipinski definition) is 5. The highest BCUT2D eigenvalue weighted by molar-refractivity contribution is 6.33. The van der Waals surface area contributed by atoms with Crippen LogP contribution in [0.5, 0.6) is 11.5 Å². The molecule has 9 heteroatoms. The van der Waals surface area contributed by atoms with E-state index in [0.717, 1.165) is 0 Å². The second kappa shape index (κ2) is 5.56. The van der Waals surface area contributed by atoms with Crippen molar-refractivity contribution in [3.63, 3.8) is 0 Å². The molecule has 19 heavy (non-hydrogen) atoms. The number of halogens is 3. The van der Waals surface area contributed by atoms with E-state index in [-0.39, 0.29) is 32.5 Å². The molecule has 0 unspecified atom stereocenters. The molecule has 1 aromatic heterocycles. The monoisotopic (exact) mass is 319 g/mol. The van der Waals surface area contributed by atoms with Gasteiger partial charge in [0.25, 0.3) is 0 Å². The summed E-state index contributed by atoms with van der Waals surface area (Å²) in [5, 5.41) is 17.9. The first-order valence-electron chi connectivity index (χ1n) is 4.78. The van der Waals surface area contributed by atoms with Crippen molar-refractivity contribution in [3.8, 4) is 11.5 Å². The summed E-state index contributed by atoms with van der Waals surface area (Å²) in [5.74, 6) is -0.113. The van der Waals surface area contributed by atoms with Crippen molar-refractivity contribution < 1.29 is 9.66 Å². The predicted molar refractivity (Wildman–Crippen MR) is 70.2 cm³/mol. The fraction of sp³-hybridized carbons (Fsp3) is 0. The van der Waals surface area contributed by atoms with Crippen molar-refractivity contribution >= 4 is 40.5 Å². The first-order valence-corrected chi connectivity index (χ1v) is 5.92. The summed E-state index contributed by atoms with van der Waals surface area (Å²) in [5.41, 5.74) is -0.295. The molecule has 0 saturated heterocycles. The summed E-state index contributed by atoms with van der Waals surface area (Å²) in [4.78, 5) is 10.3. The van der Waals surface area contributed by atoms with Gasteiger partial charge in [0.05, 0.1) is 9.95 Å². The number of nitro benzene ring substituents is 1. The summed E-state index contributed by atoms with van der Waals surface area (Å²) < 4.78 is 5.32. The molecule has 0 spiro atoms. The van der Waals surface area contributed by atoms with Crippen molar-refractivity contribution in [2.24, 2.45) is 0 Å². The van der Waals surface area contributed by atoms with Crippen LogP contribution in [0.15, 0.2) is 24.3 Å². The maximum atomic E-state index is 10.9. The van der Waals surface area contributed by atoms with Crippen LogP contribution >= 0.6 is 34.8 Å². The van der Waals surface area contributed by atoms with E-state index in [1.54, 1.807) is 0 Å². The first-order chi connectivity index (χ1) is 8.99. The number of hydrogen-bond donors (Lipinski definition) is 0. The van der Waals surface area contributed by atoms with Gasteiger partial charge in [-0.1, -0.05) is 40.9 Å². The molecule has 0 saturated carbocycles. The van der Waals surface area contributed by atoms with E-state index >= 15 is 0 Å². The number of benzene rings is 1. The molecule has 6 nitrogen and oxygen atoms in total. The van der Waals surface area contributed by atoms with E-state index in [2.05, 4.69) is 10.2 Å². The Hall–Kier alpha value is -1.63. The zero-order chi connectivity index (χ0) is 14.0. The Kier molecular flexibility index (Phi) is 4.04. The number of aromatic nitrogens is 2. The van der Waals surface area contributed by atoms with Crippen LogP contribution in [0.25, 0.3) is 0 Å². The van der Waals surface area contributed by atoms with Gasteiger partial charge in [-0.3, -0.25) is 10.1 Å². The highest BCUT2D eigenvalue weighted by Gasteiger charge is 2.20. The Morgan fingerprint density at radius 2 is 1.95 bits per heavy atom. The number of ether oxygens (including phenoxy) is 1. The zero-order valence-electron chi connectivity index (χ0n) is 9.01. The third-order valence-corrected chi connectivity index (χ3v) is 2.79. The number of rotatable bonds is 3. The lowest BCUT2D eigenvalue weighted by Gasteiger charge is -2.08. The van der Waals surface area contributed by atoms with Gasteiger partial charge in [0.2, 0.25) is 5.75 Å². The average molecular weight is 321 g/mol. The van der Waals surface area contributed by atoms with Gasteiger partial charge in [-0.25, -0.2) is 0 Å². The minimum atomic E-state index is -0.620. The van der Waals surface area contributed by atoms with Crippen LogP contribution in [0.1, 0.15) is 0 Å². The summed E-state index contributed by atoms with van der Waals surface area (Å²) >= 11 is 17.3. The molecule has 0 fully saturated rings. The van der Waals surface area contributed by atoms with Crippen LogP contribution in [0.4, 0.5) is 5.69 Å². The van der Waals surface area contributed by atoms with Crippen LogP contribution < -0.4 is 4.74 Å². The second-order valence-corrected chi connectivity index (χ2v) is 4.42. The summed E-state index contributed by atoms with van der Waals surface area (Å²) in [6, 6.07) is 5.43. The molecule has 2 aromatic rings. The van der Waals surface area contributed by atoms with Gasteiger partial charge in [-0.05, 0) is 6.07 Å². The minimum absolute atomic E-state index is 0.0258.